The molecule has 1 unspecified atom stereocenters. The Morgan fingerprint density at radius 2 is 1.52 bits per heavy atom. The van der Waals surface area contributed by atoms with E-state index >= 15 is 0 Å². The Morgan fingerprint density at radius 3 is 2.22 bits per heavy atom. The number of benzene rings is 2. The van der Waals surface area contributed by atoms with Crippen LogP contribution in [0.15, 0.2) is 54.6 Å². The van der Waals surface area contributed by atoms with Gasteiger partial charge in [-0.2, -0.15) is 0 Å². The highest BCUT2D eigenvalue weighted by Gasteiger charge is 2.20. The normalized spacial score (nSPS) is 11.0. The molecule has 0 saturated heterocycles. The van der Waals surface area contributed by atoms with Gasteiger partial charge >= 0.3 is 18.1 Å². The average molecular weight is 374 g/mol. The van der Waals surface area contributed by atoms with E-state index in [1.165, 1.54) is 31.2 Å². The lowest BCUT2D eigenvalue weighted by Crippen LogP contribution is -2.22. The number of hydrogen-bond donors (Lipinski definition) is 0. The smallest absolute Gasteiger partial charge is 0.454 e. The standard InChI is InChI=1S/C19H18O8/c1-3-23-19(22)25-13(2)24-16-12-8-7-11-15(16)18(21)27-26-17(20)14-9-5-4-6-10-14/h4-13H,3H2,1-2H3. The summed E-state index contributed by atoms with van der Waals surface area (Å²) in [6.45, 7) is 3.24. The molecule has 2 aromatic rings. The van der Waals surface area contributed by atoms with Crippen molar-refractivity contribution in [1.82, 2.24) is 0 Å². The molecule has 8 heteroatoms. The molecular formula is C19H18O8. The zero-order chi connectivity index (χ0) is 19.6. The van der Waals surface area contributed by atoms with Crippen molar-refractivity contribution in [2.75, 3.05) is 6.61 Å². The molecule has 0 aliphatic heterocycles. The molecule has 0 radical (unpaired) electrons. The van der Waals surface area contributed by atoms with E-state index < -0.39 is 24.4 Å². The summed E-state index contributed by atoms with van der Waals surface area (Å²) in [6.07, 6.45) is -1.92. The average Bonchev–Trinajstić information content (AvgIpc) is 2.67. The zero-order valence-corrected chi connectivity index (χ0v) is 14.7. The third kappa shape index (κ3) is 6.03. The van der Waals surface area contributed by atoms with Gasteiger partial charge in [0.25, 0.3) is 0 Å². The number of ether oxygens (including phenoxy) is 3. The highest BCUT2D eigenvalue weighted by atomic mass is 17.2. The van der Waals surface area contributed by atoms with Crippen LogP contribution in [0.5, 0.6) is 5.75 Å². The highest BCUT2D eigenvalue weighted by molar-refractivity contribution is 5.94. The maximum absolute atomic E-state index is 12.2. The van der Waals surface area contributed by atoms with Gasteiger partial charge in [0.2, 0.25) is 6.29 Å². The first-order valence-corrected chi connectivity index (χ1v) is 8.08. The lowest BCUT2D eigenvalue weighted by atomic mass is 10.2. The van der Waals surface area contributed by atoms with E-state index in [1.54, 1.807) is 37.3 Å². The van der Waals surface area contributed by atoms with E-state index in [4.69, 9.17) is 9.47 Å². The predicted octanol–water partition coefficient (Wildman–Crippen LogP) is 3.51. The van der Waals surface area contributed by atoms with Crippen molar-refractivity contribution in [2.24, 2.45) is 0 Å². The van der Waals surface area contributed by atoms with Crippen LogP contribution in [0.4, 0.5) is 4.79 Å². The fraction of sp³-hybridized carbons (Fsp3) is 0.211. The second-order valence-electron chi connectivity index (χ2n) is 5.09. The van der Waals surface area contributed by atoms with E-state index in [1.807, 2.05) is 0 Å². The lowest BCUT2D eigenvalue weighted by Gasteiger charge is -2.16. The summed E-state index contributed by atoms with van der Waals surface area (Å²) >= 11 is 0. The Bertz CT molecular complexity index is 787. The molecule has 27 heavy (non-hydrogen) atoms. The Kier molecular flexibility index (Phi) is 7.18. The fourth-order valence-electron chi connectivity index (χ4n) is 1.97. The first-order chi connectivity index (χ1) is 13.0. The van der Waals surface area contributed by atoms with Gasteiger partial charge in [0.05, 0.1) is 12.2 Å². The van der Waals surface area contributed by atoms with Gasteiger partial charge in [-0.1, -0.05) is 30.3 Å². The van der Waals surface area contributed by atoms with Crippen molar-refractivity contribution in [3.05, 3.63) is 65.7 Å². The Balaban J connectivity index is 1.98. The van der Waals surface area contributed by atoms with Gasteiger partial charge in [-0.15, -0.1) is 0 Å². The zero-order valence-electron chi connectivity index (χ0n) is 14.7. The summed E-state index contributed by atoms with van der Waals surface area (Å²) in [7, 11) is 0. The number of carbonyl (C=O) groups is 3. The molecule has 8 nitrogen and oxygen atoms in total. The van der Waals surface area contributed by atoms with Crippen LogP contribution in [0.3, 0.4) is 0 Å². The van der Waals surface area contributed by atoms with E-state index in [9.17, 15) is 14.4 Å². The molecule has 2 rings (SSSR count). The van der Waals surface area contributed by atoms with Crippen molar-refractivity contribution in [1.29, 1.82) is 0 Å². The van der Waals surface area contributed by atoms with Gasteiger partial charge in [0, 0.05) is 6.92 Å². The number of hydrogen-bond acceptors (Lipinski definition) is 8. The number of para-hydroxylation sites is 1. The van der Waals surface area contributed by atoms with Gasteiger partial charge in [-0.25, -0.2) is 24.2 Å². The second kappa shape index (κ2) is 9.81. The van der Waals surface area contributed by atoms with Gasteiger partial charge in [0.15, 0.2) is 0 Å². The SMILES string of the molecule is CCOC(=O)OC(C)Oc1ccccc1C(=O)OOC(=O)c1ccccc1. The third-order valence-electron chi connectivity index (χ3n) is 3.13. The van der Waals surface area contributed by atoms with Crippen LogP contribution in [-0.4, -0.2) is 31.0 Å². The quantitative estimate of drug-likeness (QED) is 0.328. The van der Waals surface area contributed by atoms with Crippen molar-refractivity contribution < 1.29 is 38.4 Å². The van der Waals surface area contributed by atoms with Gasteiger partial charge in [-0.05, 0) is 31.2 Å². The van der Waals surface area contributed by atoms with Crippen LogP contribution in [0.25, 0.3) is 0 Å². The van der Waals surface area contributed by atoms with E-state index in [-0.39, 0.29) is 23.5 Å². The molecule has 0 aromatic heterocycles. The van der Waals surface area contributed by atoms with E-state index in [2.05, 4.69) is 14.5 Å². The molecule has 0 heterocycles. The predicted molar refractivity (Wildman–Crippen MR) is 91.9 cm³/mol. The monoisotopic (exact) mass is 374 g/mol. The van der Waals surface area contributed by atoms with Crippen LogP contribution in [0.2, 0.25) is 0 Å². The summed E-state index contributed by atoms with van der Waals surface area (Å²) in [6, 6.07) is 14.1. The van der Waals surface area contributed by atoms with Gasteiger partial charge in [-0.3, -0.25) is 0 Å². The molecule has 0 N–H and O–H groups in total. The van der Waals surface area contributed by atoms with Gasteiger partial charge in [0.1, 0.15) is 11.3 Å². The maximum Gasteiger partial charge on any atom is 0.511 e. The summed E-state index contributed by atoms with van der Waals surface area (Å²) < 4.78 is 14.9. The minimum absolute atomic E-state index is 0.0160. The number of rotatable bonds is 6. The first kappa shape index (κ1) is 19.8. The summed E-state index contributed by atoms with van der Waals surface area (Å²) in [5.74, 6) is -1.69. The minimum Gasteiger partial charge on any atom is -0.454 e. The summed E-state index contributed by atoms with van der Waals surface area (Å²) in [4.78, 5) is 44.5. The van der Waals surface area contributed by atoms with Gasteiger partial charge < -0.3 is 14.2 Å². The second-order valence-corrected chi connectivity index (χ2v) is 5.09. The molecule has 142 valence electrons. The molecule has 0 fully saturated rings. The molecular weight excluding hydrogens is 356 g/mol. The molecule has 0 spiro atoms. The Labute approximate surface area is 155 Å². The molecule has 0 aliphatic rings. The maximum atomic E-state index is 12.2. The largest absolute Gasteiger partial charge is 0.511 e. The fourth-order valence-corrected chi connectivity index (χ4v) is 1.97. The minimum atomic E-state index is -1.02. The highest BCUT2D eigenvalue weighted by Crippen LogP contribution is 2.21. The van der Waals surface area contributed by atoms with E-state index in [0.29, 0.717) is 0 Å². The van der Waals surface area contributed by atoms with Crippen LogP contribution in [0.1, 0.15) is 34.6 Å². The molecule has 0 amide bonds. The lowest BCUT2D eigenvalue weighted by molar-refractivity contribution is -0.187. The molecule has 0 bridgehead atoms. The molecule has 2 aromatic carbocycles. The van der Waals surface area contributed by atoms with Crippen molar-refractivity contribution in [3.63, 3.8) is 0 Å². The summed E-state index contributed by atoms with van der Waals surface area (Å²) in [5.41, 5.74) is 0.212. The van der Waals surface area contributed by atoms with Crippen molar-refractivity contribution in [2.45, 2.75) is 20.1 Å². The third-order valence-corrected chi connectivity index (χ3v) is 3.13. The van der Waals surface area contributed by atoms with Crippen LogP contribution < -0.4 is 4.74 Å². The van der Waals surface area contributed by atoms with Crippen LogP contribution in [-0.2, 0) is 19.2 Å². The number of carbonyl (C=O) groups excluding carboxylic acids is 3. The van der Waals surface area contributed by atoms with Crippen molar-refractivity contribution in [3.8, 4) is 5.75 Å². The summed E-state index contributed by atoms with van der Waals surface area (Å²) in [5, 5.41) is 0. The topological polar surface area (TPSA) is 97.4 Å². The van der Waals surface area contributed by atoms with E-state index in [0.717, 1.165) is 0 Å². The molecule has 1 atom stereocenters. The first-order valence-electron chi connectivity index (χ1n) is 8.08. The van der Waals surface area contributed by atoms with Crippen LogP contribution in [0, 0.1) is 0 Å². The van der Waals surface area contributed by atoms with Crippen molar-refractivity contribution >= 4 is 18.1 Å². The Morgan fingerprint density at radius 1 is 0.889 bits per heavy atom. The molecule has 0 aliphatic carbocycles. The Hall–Kier alpha value is -3.55. The van der Waals surface area contributed by atoms with Crippen LogP contribution >= 0.6 is 0 Å². The molecule has 0 saturated carbocycles.